The summed E-state index contributed by atoms with van der Waals surface area (Å²) in [5.74, 6) is 3.02. The second-order valence-electron chi connectivity index (χ2n) is 4.54. The summed E-state index contributed by atoms with van der Waals surface area (Å²) >= 11 is 3.83. The molecule has 1 saturated heterocycles. The van der Waals surface area contributed by atoms with Gasteiger partial charge in [0.1, 0.15) is 0 Å². The Bertz CT molecular complexity index is 402. The highest BCUT2D eigenvalue weighted by molar-refractivity contribution is 8.00. The zero-order valence-corrected chi connectivity index (χ0v) is 12.9. The molecule has 19 heavy (non-hydrogen) atoms. The van der Waals surface area contributed by atoms with Gasteiger partial charge in [-0.15, -0.1) is 11.8 Å². The van der Waals surface area contributed by atoms with Gasteiger partial charge in [-0.2, -0.15) is 11.8 Å². The van der Waals surface area contributed by atoms with Crippen molar-refractivity contribution in [3.05, 3.63) is 30.3 Å². The zero-order valence-electron chi connectivity index (χ0n) is 11.3. The average molecular weight is 295 g/mol. The highest BCUT2D eigenvalue weighted by Gasteiger charge is 2.12. The Morgan fingerprint density at radius 3 is 2.74 bits per heavy atom. The number of hydrogen-bond donors (Lipinski definition) is 1. The second kappa shape index (κ2) is 7.70. The molecule has 1 aliphatic heterocycles. The molecule has 104 valence electrons. The van der Waals surface area contributed by atoms with Crippen molar-refractivity contribution in [2.75, 3.05) is 31.1 Å². The molecular formula is C14H21N3S2. The number of aliphatic imine (C=N–C) groups is 1. The van der Waals surface area contributed by atoms with Crippen molar-refractivity contribution in [1.29, 1.82) is 0 Å². The summed E-state index contributed by atoms with van der Waals surface area (Å²) in [6.07, 6.45) is 0. The predicted octanol–water partition coefficient (Wildman–Crippen LogP) is 2.53. The molecule has 0 aliphatic carbocycles. The smallest absolute Gasteiger partial charge is 0.191 e. The molecule has 0 spiro atoms. The van der Waals surface area contributed by atoms with Gasteiger partial charge < -0.3 is 10.6 Å². The van der Waals surface area contributed by atoms with Crippen LogP contribution >= 0.6 is 23.5 Å². The molecule has 0 saturated carbocycles. The normalized spacial score (nSPS) is 18.4. The van der Waals surface area contributed by atoms with E-state index >= 15 is 0 Å². The van der Waals surface area contributed by atoms with Crippen molar-refractivity contribution in [3.8, 4) is 0 Å². The van der Waals surface area contributed by atoms with Gasteiger partial charge in [-0.1, -0.05) is 25.1 Å². The number of guanidine groups is 1. The lowest BCUT2D eigenvalue weighted by atomic mass is 10.4. The van der Waals surface area contributed by atoms with Crippen LogP contribution in [0.25, 0.3) is 0 Å². The van der Waals surface area contributed by atoms with Crippen molar-refractivity contribution in [2.45, 2.75) is 17.1 Å². The van der Waals surface area contributed by atoms with Crippen LogP contribution in [-0.2, 0) is 0 Å². The van der Waals surface area contributed by atoms with Gasteiger partial charge >= 0.3 is 0 Å². The van der Waals surface area contributed by atoms with E-state index in [2.05, 4.69) is 41.1 Å². The summed E-state index contributed by atoms with van der Waals surface area (Å²) < 4.78 is 0. The van der Waals surface area contributed by atoms with Gasteiger partial charge in [-0.25, -0.2) is 0 Å². The molecule has 1 heterocycles. The van der Waals surface area contributed by atoms with Crippen molar-refractivity contribution < 1.29 is 0 Å². The topological polar surface area (TPSA) is 41.6 Å². The first-order chi connectivity index (χ1) is 9.25. The Kier molecular flexibility index (Phi) is 5.92. The Hall–Kier alpha value is -0.810. The standard InChI is InChI=1S/C14H21N3S2/c1-12(19-13-5-3-2-4-6-13)11-16-14(15)17-7-9-18-10-8-17/h2-6,12H,7-11H2,1H3,(H2,15,16). The Balaban J connectivity index is 1.80. The number of thioether (sulfide) groups is 2. The van der Waals surface area contributed by atoms with E-state index < -0.39 is 0 Å². The maximum atomic E-state index is 6.05. The minimum Gasteiger partial charge on any atom is -0.370 e. The first kappa shape index (κ1) is 14.6. The molecule has 5 heteroatoms. The maximum Gasteiger partial charge on any atom is 0.191 e. The molecule has 0 radical (unpaired) electrons. The largest absolute Gasteiger partial charge is 0.370 e. The molecule has 1 atom stereocenters. The number of benzene rings is 1. The van der Waals surface area contributed by atoms with E-state index in [0.29, 0.717) is 11.2 Å². The van der Waals surface area contributed by atoms with E-state index in [0.717, 1.165) is 31.1 Å². The maximum absolute atomic E-state index is 6.05. The fraction of sp³-hybridized carbons (Fsp3) is 0.500. The van der Waals surface area contributed by atoms with Gasteiger partial charge in [0.2, 0.25) is 0 Å². The van der Waals surface area contributed by atoms with Crippen LogP contribution in [0.3, 0.4) is 0 Å². The minimum absolute atomic E-state index is 0.445. The van der Waals surface area contributed by atoms with Gasteiger partial charge in [-0.3, -0.25) is 4.99 Å². The minimum atomic E-state index is 0.445. The lowest BCUT2D eigenvalue weighted by Gasteiger charge is -2.27. The summed E-state index contributed by atoms with van der Waals surface area (Å²) in [5.41, 5.74) is 6.05. The van der Waals surface area contributed by atoms with E-state index in [1.165, 1.54) is 4.90 Å². The average Bonchev–Trinajstić information content (AvgIpc) is 2.47. The van der Waals surface area contributed by atoms with E-state index in [-0.39, 0.29) is 0 Å². The Labute approximate surface area is 124 Å². The third-order valence-corrected chi connectivity index (χ3v) is 4.96. The quantitative estimate of drug-likeness (QED) is 0.526. The van der Waals surface area contributed by atoms with Crippen LogP contribution in [0.15, 0.2) is 40.2 Å². The highest BCUT2D eigenvalue weighted by Crippen LogP contribution is 2.22. The van der Waals surface area contributed by atoms with Crippen LogP contribution in [0.5, 0.6) is 0 Å². The molecule has 1 aromatic carbocycles. The molecule has 1 aromatic rings. The zero-order chi connectivity index (χ0) is 13.5. The van der Waals surface area contributed by atoms with E-state index in [1.54, 1.807) is 0 Å². The molecule has 0 amide bonds. The van der Waals surface area contributed by atoms with Crippen LogP contribution < -0.4 is 5.73 Å². The van der Waals surface area contributed by atoms with Crippen molar-refractivity contribution >= 4 is 29.5 Å². The predicted molar refractivity (Wildman–Crippen MR) is 87.1 cm³/mol. The SMILES string of the molecule is CC(CN=C(N)N1CCSCC1)Sc1ccccc1. The first-order valence-corrected chi connectivity index (χ1v) is 8.63. The van der Waals surface area contributed by atoms with Gasteiger partial charge in [0.25, 0.3) is 0 Å². The number of rotatable bonds is 4. The van der Waals surface area contributed by atoms with Crippen molar-refractivity contribution in [2.24, 2.45) is 10.7 Å². The van der Waals surface area contributed by atoms with Crippen LogP contribution in [0, 0.1) is 0 Å². The lowest BCUT2D eigenvalue weighted by Crippen LogP contribution is -2.42. The third-order valence-electron chi connectivity index (χ3n) is 2.93. The molecule has 0 aromatic heterocycles. The van der Waals surface area contributed by atoms with Crippen LogP contribution in [0.4, 0.5) is 0 Å². The van der Waals surface area contributed by atoms with E-state index in [4.69, 9.17) is 5.73 Å². The highest BCUT2D eigenvalue weighted by atomic mass is 32.2. The second-order valence-corrected chi connectivity index (χ2v) is 7.28. The molecule has 2 N–H and O–H groups in total. The Morgan fingerprint density at radius 2 is 2.05 bits per heavy atom. The van der Waals surface area contributed by atoms with Crippen molar-refractivity contribution in [1.82, 2.24) is 4.90 Å². The molecule has 2 rings (SSSR count). The van der Waals surface area contributed by atoms with Gasteiger partial charge in [-0.05, 0) is 12.1 Å². The first-order valence-electron chi connectivity index (χ1n) is 6.60. The van der Waals surface area contributed by atoms with Crippen molar-refractivity contribution in [3.63, 3.8) is 0 Å². The molecule has 1 unspecified atom stereocenters. The molecule has 0 bridgehead atoms. The van der Waals surface area contributed by atoms with Gasteiger partial charge in [0, 0.05) is 34.7 Å². The fourth-order valence-electron chi connectivity index (χ4n) is 1.88. The molecule has 1 fully saturated rings. The molecule has 3 nitrogen and oxygen atoms in total. The summed E-state index contributed by atoms with van der Waals surface area (Å²) in [6, 6.07) is 10.4. The van der Waals surface area contributed by atoms with Crippen LogP contribution in [0.1, 0.15) is 6.92 Å². The number of hydrogen-bond acceptors (Lipinski definition) is 3. The van der Waals surface area contributed by atoms with E-state index in [1.807, 2.05) is 29.6 Å². The Morgan fingerprint density at radius 1 is 1.37 bits per heavy atom. The summed E-state index contributed by atoms with van der Waals surface area (Å²) in [4.78, 5) is 8.01. The number of nitrogens with zero attached hydrogens (tertiary/aromatic N) is 2. The monoisotopic (exact) mass is 295 g/mol. The van der Waals surface area contributed by atoms with Crippen LogP contribution in [0.2, 0.25) is 0 Å². The van der Waals surface area contributed by atoms with E-state index in [9.17, 15) is 0 Å². The van der Waals surface area contributed by atoms with Crippen LogP contribution in [-0.4, -0.2) is 47.2 Å². The number of nitrogens with two attached hydrogens (primary N) is 1. The van der Waals surface area contributed by atoms with Gasteiger partial charge in [0.05, 0.1) is 6.54 Å². The summed E-state index contributed by atoms with van der Waals surface area (Å²) in [5, 5.41) is 0.445. The summed E-state index contributed by atoms with van der Waals surface area (Å²) in [7, 11) is 0. The molecule has 1 aliphatic rings. The molecular weight excluding hydrogens is 274 g/mol. The van der Waals surface area contributed by atoms with Gasteiger partial charge in [0.15, 0.2) is 5.96 Å². The lowest BCUT2D eigenvalue weighted by molar-refractivity contribution is 0.456. The summed E-state index contributed by atoms with van der Waals surface area (Å²) in [6.45, 7) is 5.02. The fourth-order valence-corrected chi connectivity index (χ4v) is 3.71. The third kappa shape index (κ3) is 4.99.